The average molecular weight is 361 g/mol. The molecule has 2 rings (SSSR count). The number of hydrogen-bond acceptors (Lipinski definition) is 3. The molecule has 0 bridgehead atoms. The molecule has 144 valence electrons. The number of hydrogen-bond donors (Lipinski definition) is 2. The number of rotatable bonds is 6. The number of likely N-dealkylation sites (N-methyl/N-ethyl adjacent to an activating group) is 1. The highest BCUT2D eigenvalue weighted by Gasteiger charge is 2.24. The Morgan fingerprint density at radius 1 is 1.19 bits per heavy atom. The molecule has 1 saturated heterocycles. The van der Waals surface area contributed by atoms with Gasteiger partial charge in [-0.05, 0) is 62.4 Å². The van der Waals surface area contributed by atoms with Gasteiger partial charge < -0.3 is 15.3 Å². The number of nitrogens with one attached hydrogen (secondary N) is 1. The minimum atomic E-state index is -0.811. The van der Waals surface area contributed by atoms with Gasteiger partial charge in [-0.15, -0.1) is 0 Å². The summed E-state index contributed by atoms with van der Waals surface area (Å²) in [7, 11) is 1.84. The molecule has 26 heavy (non-hydrogen) atoms. The van der Waals surface area contributed by atoms with Gasteiger partial charge in [-0.1, -0.05) is 19.9 Å². The van der Waals surface area contributed by atoms with Crippen LogP contribution in [-0.2, 0) is 17.6 Å². The van der Waals surface area contributed by atoms with Gasteiger partial charge in [-0.3, -0.25) is 9.69 Å². The maximum absolute atomic E-state index is 12.6. The first kappa shape index (κ1) is 20.2. The van der Waals surface area contributed by atoms with Crippen LogP contribution in [0.15, 0.2) is 18.2 Å². The number of urea groups is 1. The van der Waals surface area contributed by atoms with Crippen LogP contribution in [0.2, 0.25) is 0 Å². The molecule has 1 heterocycles. The van der Waals surface area contributed by atoms with E-state index in [1.165, 1.54) is 11.1 Å². The van der Waals surface area contributed by atoms with Gasteiger partial charge in [0, 0.05) is 24.8 Å². The minimum Gasteiger partial charge on any atom is -0.480 e. The second-order valence-corrected chi connectivity index (χ2v) is 7.00. The summed E-state index contributed by atoms with van der Waals surface area (Å²) in [5, 5.41) is 12.0. The molecule has 1 aliphatic heterocycles. The number of benzene rings is 1. The Labute approximate surface area is 156 Å². The van der Waals surface area contributed by atoms with Gasteiger partial charge in [-0.25, -0.2) is 4.79 Å². The molecule has 1 fully saturated rings. The molecule has 1 aromatic carbocycles. The standard InChI is InChI=1S/C20H31N3O3/c1-4-15-8-9-17(13-16(15)5-2)21-20(26)23-11-6-7-18(10-12-23)22(3)14-19(24)25/h8-9,13,18H,4-7,10-12,14H2,1-3H3,(H,21,26)(H,24,25). The van der Waals surface area contributed by atoms with Crippen LogP contribution in [-0.4, -0.2) is 59.6 Å². The molecule has 0 saturated carbocycles. The van der Waals surface area contributed by atoms with E-state index in [0.717, 1.165) is 37.8 Å². The number of likely N-dealkylation sites (tertiary alicyclic amines) is 1. The van der Waals surface area contributed by atoms with E-state index in [1.54, 1.807) is 0 Å². The smallest absolute Gasteiger partial charge is 0.321 e. The number of carboxylic acids is 1. The number of carbonyl (C=O) groups excluding carboxylic acids is 1. The van der Waals surface area contributed by atoms with Crippen molar-refractivity contribution in [2.45, 2.75) is 52.0 Å². The van der Waals surface area contributed by atoms with E-state index in [0.29, 0.717) is 13.1 Å². The molecule has 1 aliphatic rings. The normalized spacial score (nSPS) is 17.8. The van der Waals surface area contributed by atoms with E-state index in [1.807, 2.05) is 22.9 Å². The SMILES string of the molecule is CCc1ccc(NC(=O)N2CCCC(N(C)CC(=O)O)CC2)cc1CC. The van der Waals surface area contributed by atoms with Crippen LogP contribution in [0.3, 0.4) is 0 Å². The van der Waals surface area contributed by atoms with Crippen molar-refractivity contribution >= 4 is 17.7 Å². The second kappa shape index (κ2) is 9.57. The molecule has 6 heteroatoms. The van der Waals surface area contributed by atoms with E-state index in [9.17, 15) is 9.59 Å². The summed E-state index contributed by atoms with van der Waals surface area (Å²) in [4.78, 5) is 27.2. The zero-order valence-electron chi connectivity index (χ0n) is 16.1. The van der Waals surface area contributed by atoms with Crippen LogP contribution in [0, 0.1) is 0 Å². The van der Waals surface area contributed by atoms with Gasteiger partial charge in [0.1, 0.15) is 0 Å². The summed E-state index contributed by atoms with van der Waals surface area (Å²) in [5.41, 5.74) is 3.44. The quantitative estimate of drug-likeness (QED) is 0.816. The number of nitrogens with zero attached hydrogens (tertiary/aromatic N) is 2. The second-order valence-electron chi connectivity index (χ2n) is 7.00. The molecule has 0 aromatic heterocycles. The van der Waals surface area contributed by atoms with Gasteiger partial charge in [0.25, 0.3) is 0 Å². The summed E-state index contributed by atoms with van der Waals surface area (Å²) < 4.78 is 0. The number of aliphatic carboxylic acids is 1. The van der Waals surface area contributed by atoms with Crippen LogP contribution in [0.1, 0.15) is 44.2 Å². The summed E-state index contributed by atoms with van der Waals surface area (Å²) in [5.74, 6) is -0.811. The minimum absolute atomic E-state index is 0.0421. The lowest BCUT2D eigenvalue weighted by atomic mass is 10.0. The maximum Gasteiger partial charge on any atom is 0.321 e. The molecule has 2 N–H and O–H groups in total. The van der Waals surface area contributed by atoms with Crippen molar-refractivity contribution in [1.82, 2.24) is 9.80 Å². The van der Waals surface area contributed by atoms with Crippen molar-refractivity contribution < 1.29 is 14.7 Å². The topological polar surface area (TPSA) is 72.9 Å². The third-order valence-electron chi connectivity index (χ3n) is 5.21. The van der Waals surface area contributed by atoms with Crippen molar-refractivity contribution in [2.24, 2.45) is 0 Å². The lowest BCUT2D eigenvalue weighted by Gasteiger charge is -2.25. The van der Waals surface area contributed by atoms with Gasteiger partial charge in [0.15, 0.2) is 0 Å². The van der Waals surface area contributed by atoms with E-state index < -0.39 is 5.97 Å². The monoisotopic (exact) mass is 361 g/mol. The average Bonchev–Trinajstić information content (AvgIpc) is 2.87. The Morgan fingerprint density at radius 2 is 1.92 bits per heavy atom. The zero-order chi connectivity index (χ0) is 19.1. The molecular weight excluding hydrogens is 330 g/mol. The number of anilines is 1. The summed E-state index contributed by atoms with van der Waals surface area (Å²) in [6.45, 7) is 5.66. The third-order valence-corrected chi connectivity index (χ3v) is 5.21. The first-order valence-electron chi connectivity index (χ1n) is 9.54. The number of carboxylic acid groups (broad SMARTS) is 1. The maximum atomic E-state index is 12.6. The highest BCUT2D eigenvalue weighted by Crippen LogP contribution is 2.20. The van der Waals surface area contributed by atoms with Crippen molar-refractivity contribution in [3.63, 3.8) is 0 Å². The first-order valence-corrected chi connectivity index (χ1v) is 9.54. The van der Waals surface area contributed by atoms with Gasteiger partial charge in [0.2, 0.25) is 0 Å². The van der Waals surface area contributed by atoms with E-state index in [-0.39, 0.29) is 18.6 Å². The van der Waals surface area contributed by atoms with Gasteiger partial charge in [-0.2, -0.15) is 0 Å². The Bertz CT molecular complexity index is 633. The zero-order valence-corrected chi connectivity index (χ0v) is 16.1. The lowest BCUT2D eigenvalue weighted by Crippen LogP contribution is -2.38. The van der Waals surface area contributed by atoms with E-state index >= 15 is 0 Å². The van der Waals surface area contributed by atoms with Crippen molar-refractivity contribution in [1.29, 1.82) is 0 Å². The Balaban J connectivity index is 1.95. The summed E-state index contributed by atoms with van der Waals surface area (Å²) in [6, 6.07) is 6.26. The van der Waals surface area contributed by atoms with Gasteiger partial charge >= 0.3 is 12.0 Å². The van der Waals surface area contributed by atoms with Crippen LogP contribution in [0.25, 0.3) is 0 Å². The number of aryl methyl sites for hydroxylation is 2. The van der Waals surface area contributed by atoms with Gasteiger partial charge in [0.05, 0.1) is 6.54 Å². The number of carbonyl (C=O) groups is 2. The summed E-state index contributed by atoms with van der Waals surface area (Å²) in [6.07, 6.45) is 4.55. The fourth-order valence-electron chi connectivity index (χ4n) is 3.65. The largest absolute Gasteiger partial charge is 0.480 e. The lowest BCUT2D eigenvalue weighted by molar-refractivity contribution is -0.138. The Kier molecular flexibility index (Phi) is 7.45. The van der Waals surface area contributed by atoms with Crippen LogP contribution < -0.4 is 5.32 Å². The highest BCUT2D eigenvalue weighted by molar-refractivity contribution is 5.89. The molecule has 1 unspecified atom stereocenters. The molecule has 0 aliphatic carbocycles. The number of amides is 2. The van der Waals surface area contributed by atoms with Crippen LogP contribution in [0.5, 0.6) is 0 Å². The molecule has 0 spiro atoms. The Hall–Kier alpha value is -2.08. The van der Waals surface area contributed by atoms with Crippen LogP contribution in [0.4, 0.5) is 10.5 Å². The summed E-state index contributed by atoms with van der Waals surface area (Å²) >= 11 is 0. The predicted molar refractivity (Wildman–Crippen MR) is 104 cm³/mol. The molecule has 6 nitrogen and oxygen atoms in total. The van der Waals surface area contributed by atoms with Crippen molar-refractivity contribution in [3.8, 4) is 0 Å². The molecule has 0 radical (unpaired) electrons. The van der Waals surface area contributed by atoms with Crippen molar-refractivity contribution in [3.05, 3.63) is 29.3 Å². The fourth-order valence-corrected chi connectivity index (χ4v) is 3.65. The highest BCUT2D eigenvalue weighted by atomic mass is 16.4. The molecule has 1 aromatic rings. The van der Waals surface area contributed by atoms with E-state index in [4.69, 9.17) is 5.11 Å². The first-order chi connectivity index (χ1) is 12.4. The Morgan fingerprint density at radius 3 is 2.58 bits per heavy atom. The predicted octanol–water partition coefficient (Wildman–Crippen LogP) is 3.21. The fraction of sp³-hybridized carbons (Fsp3) is 0.600. The molecule has 1 atom stereocenters. The van der Waals surface area contributed by atoms with Crippen molar-refractivity contribution in [2.75, 3.05) is 32.0 Å². The molecule has 2 amide bonds. The van der Waals surface area contributed by atoms with Crippen LogP contribution >= 0.6 is 0 Å². The molecular formula is C20H31N3O3. The third kappa shape index (κ3) is 5.46. The van der Waals surface area contributed by atoms with E-state index in [2.05, 4.69) is 31.3 Å².